The van der Waals surface area contributed by atoms with Gasteiger partial charge in [-0.25, -0.2) is 0 Å². The molecule has 0 radical (unpaired) electrons. The van der Waals surface area contributed by atoms with E-state index in [1.807, 2.05) is 0 Å². The Bertz CT molecular complexity index is 193. The van der Waals surface area contributed by atoms with E-state index in [9.17, 15) is 4.79 Å². The third-order valence-corrected chi connectivity index (χ3v) is 3.28. The molecule has 0 aromatic heterocycles. The average molecular weight is 278 g/mol. The standard InChI is InChI=1S/C11H20BrNO2/c1-9(2-5-12)8-13-11(14)10-3-6-15-7-4-10/h9-10H,2-8H2,1H3,(H,13,14). The molecule has 1 aliphatic rings. The van der Waals surface area contributed by atoms with Crippen LogP contribution in [0.3, 0.4) is 0 Å². The van der Waals surface area contributed by atoms with Crippen LogP contribution < -0.4 is 5.32 Å². The van der Waals surface area contributed by atoms with Gasteiger partial charge < -0.3 is 10.1 Å². The third kappa shape index (κ3) is 4.98. The largest absolute Gasteiger partial charge is 0.381 e. The van der Waals surface area contributed by atoms with Gasteiger partial charge in [0.25, 0.3) is 0 Å². The van der Waals surface area contributed by atoms with Crippen LogP contribution in [0.25, 0.3) is 0 Å². The number of halogens is 1. The molecule has 0 bridgehead atoms. The maximum absolute atomic E-state index is 11.7. The highest BCUT2D eigenvalue weighted by molar-refractivity contribution is 9.09. The summed E-state index contributed by atoms with van der Waals surface area (Å²) in [7, 11) is 0. The molecule has 15 heavy (non-hydrogen) atoms. The average Bonchev–Trinajstić information content (AvgIpc) is 2.27. The SMILES string of the molecule is CC(CCBr)CNC(=O)C1CCOCC1. The van der Waals surface area contributed by atoms with Crippen molar-refractivity contribution in [3.63, 3.8) is 0 Å². The first-order chi connectivity index (χ1) is 7.24. The van der Waals surface area contributed by atoms with Crippen LogP contribution in [0.5, 0.6) is 0 Å². The molecule has 88 valence electrons. The minimum Gasteiger partial charge on any atom is -0.381 e. The number of carbonyl (C=O) groups is 1. The Hall–Kier alpha value is -0.0900. The zero-order chi connectivity index (χ0) is 11.1. The molecule has 0 aromatic rings. The van der Waals surface area contributed by atoms with Gasteiger partial charge in [-0.3, -0.25) is 4.79 Å². The third-order valence-electron chi connectivity index (χ3n) is 2.82. The normalized spacial score (nSPS) is 19.9. The number of ether oxygens (including phenoxy) is 1. The van der Waals surface area contributed by atoms with Gasteiger partial charge in [0.2, 0.25) is 5.91 Å². The second-order valence-electron chi connectivity index (χ2n) is 4.21. The number of hydrogen-bond acceptors (Lipinski definition) is 2. The maximum atomic E-state index is 11.7. The van der Waals surface area contributed by atoms with Gasteiger partial charge in [0.15, 0.2) is 0 Å². The Morgan fingerprint density at radius 3 is 2.80 bits per heavy atom. The Kier molecular flexibility index (Phi) is 6.25. The zero-order valence-electron chi connectivity index (χ0n) is 9.30. The second-order valence-corrected chi connectivity index (χ2v) is 5.01. The highest BCUT2D eigenvalue weighted by atomic mass is 79.9. The predicted molar refractivity (Wildman–Crippen MR) is 64.1 cm³/mol. The van der Waals surface area contributed by atoms with E-state index in [1.54, 1.807) is 0 Å². The van der Waals surface area contributed by atoms with Crippen molar-refractivity contribution in [3.8, 4) is 0 Å². The van der Waals surface area contributed by atoms with E-state index < -0.39 is 0 Å². The van der Waals surface area contributed by atoms with Crippen LogP contribution in [-0.4, -0.2) is 31.0 Å². The predicted octanol–water partition coefficient (Wildman–Crippen LogP) is 1.95. The molecule has 1 amide bonds. The first-order valence-corrected chi connectivity index (χ1v) is 6.77. The highest BCUT2D eigenvalue weighted by Gasteiger charge is 2.21. The molecule has 0 spiro atoms. The number of carbonyl (C=O) groups excluding carboxylic acids is 1. The number of alkyl halides is 1. The van der Waals surface area contributed by atoms with Crippen LogP contribution in [0.2, 0.25) is 0 Å². The van der Waals surface area contributed by atoms with E-state index in [4.69, 9.17) is 4.74 Å². The smallest absolute Gasteiger partial charge is 0.223 e. The van der Waals surface area contributed by atoms with Crippen LogP contribution in [0.4, 0.5) is 0 Å². The highest BCUT2D eigenvalue weighted by Crippen LogP contribution is 2.14. The van der Waals surface area contributed by atoms with Gasteiger partial charge in [0.1, 0.15) is 0 Å². The first-order valence-electron chi connectivity index (χ1n) is 5.65. The second kappa shape index (κ2) is 7.23. The molecule has 0 aromatic carbocycles. The summed E-state index contributed by atoms with van der Waals surface area (Å²) in [6.45, 7) is 4.41. The lowest BCUT2D eigenvalue weighted by molar-refractivity contribution is -0.128. The molecule has 0 saturated carbocycles. The van der Waals surface area contributed by atoms with Crippen LogP contribution in [0.1, 0.15) is 26.2 Å². The van der Waals surface area contributed by atoms with Crippen molar-refractivity contribution >= 4 is 21.8 Å². The van der Waals surface area contributed by atoms with Gasteiger partial charge in [-0.05, 0) is 25.2 Å². The van der Waals surface area contributed by atoms with Crippen molar-refractivity contribution in [1.29, 1.82) is 0 Å². The summed E-state index contributed by atoms with van der Waals surface area (Å²) in [5.74, 6) is 0.933. The fraction of sp³-hybridized carbons (Fsp3) is 0.909. The van der Waals surface area contributed by atoms with E-state index in [2.05, 4.69) is 28.2 Å². The molecule has 4 heteroatoms. The molecule has 1 heterocycles. The fourth-order valence-corrected chi connectivity index (χ4v) is 2.45. The summed E-state index contributed by atoms with van der Waals surface area (Å²) >= 11 is 3.40. The van der Waals surface area contributed by atoms with Crippen LogP contribution in [0.15, 0.2) is 0 Å². The molecular formula is C11H20BrNO2. The number of hydrogen-bond donors (Lipinski definition) is 1. The van der Waals surface area contributed by atoms with Gasteiger partial charge in [-0.15, -0.1) is 0 Å². The molecule has 1 unspecified atom stereocenters. The lowest BCUT2D eigenvalue weighted by atomic mass is 9.99. The summed E-state index contributed by atoms with van der Waals surface area (Å²) in [4.78, 5) is 11.7. The van der Waals surface area contributed by atoms with E-state index in [1.165, 1.54) is 0 Å². The zero-order valence-corrected chi connectivity index (χ0v) is 10.9. The van der Waals surface area contributed by atoms with E-state index in [0.717, 1.165) is 44.4 Å². The van der Waals surface area contributed by atoms with Crippen molar-refractivity contribution in [2.24, 2.45) is 11.8 Å². The van der Waals surface area contributed by atoms with E-state index >= 15 is 0 Å². The molecule has 1 aliphatic heterocycles. The van der Waals surface area contributed by atoms with Crippen LogP contribution in [-0.2, 0) is 9.53 Å². The van der Waals surface area contributed by atoms with Gasteiger partial charge >= 0.3 is 0 Å². The Labute approximate surface area is 100 Å². The summed E-state index contributed by atoms with van der Waals surface area (Å²) in [6, 6.07) is 0. The molecule has 1 rings (SSSR count). The minimum absolute atomic E-state index is 0.176. The molecule has 1 N–H and O–H groups in total. The van der Waals surface area contributed by atoms with Crippen molar-refractivity contribution in [3.05, 3.63) is 0 Å². The number of nitrogens with one attached hydrogen (secondary N) is 1. The summed E-state index contributed by atoms with van der Waals surface area (Å²) < 4.78 is 5.23. The summed E-state index contributed by atoms with van der Waals surface area (Å²) in [5, 5.41) is 4.02. The van der Waals surface area contributed by atoms with E-state index in [0.29, 0.717) is 5.92 Å². The van der Waals surface area contributed by atoms with Crippen molar-refractivity contribution in [2.45, 2.75) is 26.2 Å². The Morgan fingerprint density at radius 1 is 1.53 bits per heavy atom. The molecule has 0 aliphatic carbocycles. The summed E-state index contributed by atoms with van der Waals surface area (Å²) in [6.07, 6.45) is 2.85. The fourth-order valence-electron chi connectivity index (χ4n) is 1.67. The van der Waals surface area contributed by atoms with Gasteiger partial charge in [-0.1, -0.05) is 22.9 Å². The lowest BCUT2D eigenvalue weighted by Crippen LogP contribution is -2.36. The molecule has 1 saturated heterocycles. The number of rotatable bonds is 5. The molecular weight excluding hydrogens is 258 g/mol. The van der Waals surface area contributed by atoms with Crippen LogP contribution >= 0.6 is 15.9 Å². The molecule has 1 fully saturated rings. The monoisotopic (exact) mass is 277 g/mol. The Morgan fingerprint density at radius 2 is 2.20 bits per heavy atom. The van der Waals surface area contributed by atoms with Crippen molar-refractivity contribution < 1.29 is 9.53 Å². The Balaban J connectivity index is 2.16. The molecule has 3 nitrogen and oxygen atoms in total. The molecule has 1 atom stereocenters. The van der Waals surface area contributed by atoms with E-state index in [-0.39, 0.29) is 11.8 Å². The quantitative estimate of drug-likeness (QED) is 0.781. The van der Waals surface area contributed by atoms with Crippen molar-refractivity contribution in [1.82, 2.24) is 5.32 Å². The topological polar surface area (TPSA) is 38.3 Å². The van der Waals surface area contributed by atoms with Crippen molar-refractivity contribution in [2.75, 3.05) is 25.1 Å². The minimum atomic E-state index is 0.176. The lowest BCUT2D eigenvalue weighted by Gasteiger charge is -2.22. The number of amides is 1. The van der Waals surface area contributed by atoms with Gasteiger partial charge in [0, 0.05) is 31.0 Å². The summed E-state index contributed by atoms with van der Waals surface area (Å²) in [5.41, 5.74) is 0. The van der Waals surface area contributed by atoms with Gasteiger partial charge in [0.05, 0.1) is 0 Å². The first kappa shape index (κ1) is 13.0. The maximum Gasteiger partial charge on any atom is 0.223 e. The van der Waals surface area contributed by atoms with Crippen LogP contribution in [0, 0.1) is 11.8 Å². The van der Waals surface area contributed by atoms with Gasteiger partial charge in [-0.2, -0.15) is 0 Å².